The molecule has 4 nitrogen and oxygen atoms in total. The Morgan fingerprint density at radius 1 is 1.00 bits per heavy atom. The second-order valence-corrected chi connectivity index (χ2v) is 5.65. The summed E-state index contributed by atoms with van der Waals surface area (Å²) in [5.41, 5.74) is 3.99. The van der Waals surface area contributed by atoms with Crippen LogP contribution < -0.4 is 15.4 Å². The van der Waals surface area contributed by atoms with Crippen LogP contribution in [0.4, 0.5) is 11.4 Å². The fourth-order valence-electron chi connectivity index (χ4n) is 2.32. The van der Waals surface area contributed by atoms with E-state index in [9.17, 15) is 4.79 Å². The van der Waals surface area contributed by atoms with Crippen molar-refractivity contribution in [2.45, 2.75) is 27.2 Å². The van der Waals surface area contributed by atoms with Crippen LogP contribution in [0.5, 0.6) is 5.75 Å². The molecule has 0 aliphatic carbocycles. The van der Waals surface area contributed by atoms with Gasteiger partial charge in [0, 0.05) is 11.4 Å². The first-order valence-electron chi connectivity index (χ1n) is 7.91. The molecule has 2 rings (SSSR count). The lowest BCUT2D eigenvalue weighted by Gasteiger charge is -2.10. The number of ether oxygens (including phenoxy) is 1. The van der Waals surface area contributed by atoms with E-state index in [1.165, 1.54) is 0 Å². The van der Waals surface area contributed by atoms with Crippen molar-refractivity contribution in [2.75, 3.05) is 23.8 Å². The van der Waals surface area contributed by atoms with Gasteiger partial charge in [-0.25, -0.2) is 0 Å². The molecule has 0 aliphatic heterocycles. The molecule has 2 aromatic rings. The summed E-state index contributed by atoms with van der Waals surface area (Å²) in [6.45, 7) is 7.05. The van der Waals surface area contributed by atoms with Crippen LogP contribution in [-0.4, -0.2) is 19.1 Å². The van der Waals surface area contributed by atoms with Crippen LogP contribution in [0.1, 0.15) is 24.5 Å². The van der Waals surface area contributed by atoms with E-state index in [1.54, 1.807) is 0 Å². The molecule has 0 bridgehead atoms. The van der Waals surface area contributed by atoms with Crippen LogP contribution in [0.2, 0.25) is 0 Å². The smallest absolute Gasteiger partial charge is 0.243 e. The predicted octanol–water partition coefficient (Wildman–Crippen LogP) is 4.14. The summed E-state index contributed by atoms with van der Waals surface area (Å²) < 4.78 is 5.53. The van der Waals surface area contributed by atoms with E-state index >= 15 is 0 Å². The number of carbonyl (C=O) groups excluding carboxylic acids is 1. The SMILES string of the molecule is CCCOc1ccc(NCC(=O)Nc2cc(C)cc(C)c2)cc1. The van der Waals surface area contributed by atoms with Gasteiger partial charge in [-0.1, -0.05) is 13.0 Å². The van der Waals surface area contributed by atoms with Crippen molar-refractivity contribution >= 4 is 17.3 Å². The average molecular weight is 312 g/mol. The van der Waals surface area contributed by atoms with Crippen LogP contribution in [-0.2, 0) is 4.79 Å². The van der Waals surface area contributed by atoms with Gasteiger partial charge in [0.15, 0.2) is 0 Å². The number of hydrogen-bond acceptors (Lipinski definition) is 3. The molecule has 0 heterocycles. The number of carbonyl (C=O) groups is 1. The molecule has 4 heteroatoms. The van der Waals surface area contributed by atoms with Gasteiger partial charge in [0.05, 0.1) is 13.2 Å². The zero-order valence-corrected chi connectivity index (χ0v) is 14.0. The Bertz CT molecular complexity index is 631. The molecular weight excluding hydrogens is 288 g/mol. The first-order valence-corrected chi connectivity index (χ1v) is 7.91. The molecule has 0 aromatic heterocycles. The van der Waals surface area contributed by atoms with E-state index in [4.69, 9.17) is 4.74 Å². The van der Waals surface area contributed by atoms with E-state index < -0.39 is 0 Å². The summed E-state index contributed by atoms with van der Waals surface area (Å²) in [4.78, 5) is 12.0. The van der Waals surface area contributed by atoms with Crippen LogP contribution in [0, 0.1) is 13.8 Å². The van der Waals surface area contributed by atoms with Crippen molar-refractivity contribution < 1.29 is 9.53 Å². The van der Waals surface area contributed by atoms with Crippen molar-refractivity contribution in [3.05, 3.63) is 53.6 Å². The second-order valence-electron chi connectivity index (χ2n) is 5.65. The molecule has 23 heavy (non-hydrogen) atoms. The Morgan fingerprint density at radius 3 is 2.26 bits per heavy atom. The molecule has 0 unspecified atom stereocenters. The van der Waals surface area contributed by atoms with Gasteiger partial charge in [-0.3, -0.25) is 4.79 Å². The minimum atomic E-state index is -0.0682. The Kier molecular flexibility index (Phi) is 6.03. The minimum absolute atomic E-state index is 0.0682. The maximum Gasteiger partial charge on any atom is 0.243 e. The lowest BCUT2D eigenvalue weighted by Crippen LogP contribution is -2.21. The minimum Gasteiger partial charge on any atom is -0.494 e. The van der Waals surface area contributed by atoms with Crippen molar-refractivity contribution in [3.8, 4) is 5.75 Å². The van der Waals surface area contributed by atoms with E-state index in [0.29, 0.717) is 6.61 Å². The number of anilines is 2. The first kappa shape index (κ1) is 16.9. The Balaban J connectivity index is 1.84. The Morgan fingerprint density at radius 2 is 1.65 bits per heavy atom. The fraction of sp³-hybridized carbons (Fsp3) is 0.316. The summed E-state index contributed by atoms with van der Waals surface area (Å²) >= 11 is 0. The van der Waals surface area contributed by atoms with Crippen molar-refractivity contribution in [2.24, 2.45) is 0 Å². The Labute approximate surface area is 137 Å². The van der Waals surface area contributed by atoms with E-state index in [0.717, 1.165) is 34.7 Å². The second kappa shape index (κ2) is 8.22. The van der Waals surface area contributed by atoms with Gasteiger partial charge in [-0.15, -0.1) is 0 Å². The van der Waals surface area contributed by atoms with E-state index in [-0.39, 0.29) is 12.5 Å². The maximum absolute atomic E-state index is 12.0. The van der Waals surface area contributed by atoms with Gasteiger partial charge < -0.3 is 15.4 Å². The van der Waals surface area contributed by atoms with Crippen molar-refractivity contribution in [1.82, 2.24) is 0 Å². The van der Waals surface area contributed by atoms with Crippen molar-refractivity contribution in [3.63, 3.8) is 0 Å². The predicted molar refractivity (Wildman–Crippen MR) is 95.3 cm³/mol. The molecule has 122 valence electrons. The topological polar surface area (TPSA) is 50.4 Å². The summed E-state index contributed by atoms with van der Waals surface area (Å²) in [5.74, 6) is 0.776. The first-order chi connectivity index (χ1) is 11.1. The maximum atomic E-state index is 12.0. The molecular formula is C19H24N2O2. The van der Waals surface area contributed by atoms with Crippen LogP contribution in [0.3, 0.4) is 0 Å². The summed E-state index contributed by atoms with van der Waals surface area (Å²) in [5, 5.41) is 6.02. The summed E-state index contributed by atoms with van der Waals surface area (Å²) in [7, 11) is 0. The molecule has 0 spiro atoms. The number of rotatable bonds is 7. The van der Waals surface area contributed by atoms with Gasteiger partial charge in [0.25, 0.3) is 0 Å². The number of nitrogens with one attached hydrogen (secondary N) is 2. The van der Waals surface area contributed by atoms with Crippen LogP contribution in [0.25, 0.3) is 0 Å². The van der Waals surface area contributed by atoms with Crippen LogP contribution in [0.15, 0.2) is 42.5 Å². The number of benzene rings is 2. The van der Waals surface area contributed by atoms with E-state index in [1.807, 2.05) is 50.2 Å². The van der Waals surface area contributed by atoms with Gasteiger partial charge >= 0.3 is 0 Å². The third-order valence-corrected chi connectivity index (χ3v) is 3.29. The molecule has 0 saturated heterocycles. The number of hydrogen-bond donors (Lipinski definition) is 2. The molecule has 0 aliphatic rings. The highest BCUT2D eigenvalue weighted by atomic mass is 16.5. The largest absolute Gasteiger partial charge is 0.494 e. The van der Waals surface area contributed by atoms with Crippen LogP contribution >= 0.6 is 0 Å². The quantitative estimate of drug-likeness (QED) is 0.808. The van der Waals surface area contributed by atoms with Gasteiger partial charge in [-0.05, 0) is 67.8 Å². The fourth-order valence-corrected chi connectivity index (χ4v) is 2.32. The van der Waals surface area contributed by atoms with Crippen molar-refractivity contribution in [1.29, 1.82) is 0 Å². The highest BCUT2D eigenvalue weighted by molar-refractivity contribution is 5.93. The zero-order valence-electron chi connectivity index (χ0n) is 14.0. The third kappa shape index (κ3) is 5.66. The highest BCUT2D eigenvalue weighted by Gasteiger charge is 2.03. The Hall–Kier alpha value is -2.49. The zero-order chi connectivity index (χ0) is 16.7. The standard InChI is InChI=1S/C19H24N2O2/c1-4-9-23-18-7-5-16(6-8-18)20-13-19(22)21-17-11-14(2)10-15(3)12-17/h5-8,10-12,20H,4,9,13H2,1-3H3,(H,21,22). The number of aryl methyl sites for hydroxylation is 2. The van der Waals surface area contributed by atoms with Gasteiger partial charge in [0.1, 0.15) is 5.75 Å². The lowest BCUT2D eigenvalue weighted by atomic mass is 10.1. The molecule has 1 amide bonds. The monoisotopic (exact) mass is 312 g/mol. The third-order valence-electron chi connectivity index (χ3n) is 3.29. The molecule has 2 aromatic carbocycles. The highest BCUT2D eigenvalue weighted by Crippen LogP contribution is 2.16. The van der Waals surface area contributed by atoms with E-state index in [2.05, 4.69) is 23.6 Å². The lowest BCUT2D eigenvalue weighted by molar-refractivity contribution is -0.114. The number of amides is 1. The molecule has 0 radical (unpaired) electrons. The normalized spacial score (nSPS) is 10.2. The molecule has 0 saturated carbocycles. The summed E-state index contributed by atoms with van der Waals surface area (Å²) in [6.07, 6.45) is 0.985. The van der Waals surface area contributed by atoms with Gasteiger partial charge in [0.2, 0.25) is 5.91 Å². The molecule has 0 fully saturated rings. The molecule has 2 N–H and O–H groups in total. The van der Waals surface area contributed by atoms with Gasteiger partial charge in [-0.2, -0.15) is 0 Å². The average Bonchev–Trinajstić information content (AvgIpc) is 2.51. The molecule has 0 atom stereocenters. The summed E-state index contributed by atoms with van der Waals surface area (Å²) in [6, 6.07) is 13.6.